The Labute approximate surface area is 201 Å². The maximum absolute atomic E-state index is 13.2. The van der Waals surface area contributed by atoms with Crippen LogP contribution in [-0.4, -0.2) is 38.2 Å². The van der Waals surface area contributed by atoms with E-state index >= 15 is 0 Å². The van der Waals surface area contributed by atoms with E-state index in [1.54, 1.807) is 49.6 Å². The lowest BCUT2D eigenvalue weighted by Crippen LogP contribution is -2.21. The van der Waals surface area contributed by atoms with Crippen LogP contribution in [0.15, 0.2) is 54.3 Å². The first-order chi connectivity index (χ1) is 16.9. The molecule has 0 unspecified atom stereocenters. The number of aromatic hydroxyl groups is 1. The molecule has 0 aromatic heterocycles. The van der Waals surface area contributed by atoms with E-state index in [2.05, 4.69) is 0 Å². The number of phenolic OH excluding ortho intramolecular Hbond substituents is 1. The van der Waals surface area contributed by atoms with Gasteiger partial charge in [-0.3, -0.25) is 9.59 Å². The zero-order chi connectivity index (χ0) is 24.7. The van der Waals surface area contributed by atoms with Crippen LogP contribution in [0.1, 0.15) is 39.4 Å². The minimum Gasteiger partial charge on any atom is -0.502 e. The van der Waals surface area contributed by atoms with Crippen LogP contribution in [0.3, 0.4) is 0 Å². The Morgan fingerprint density at radius 1 is 0.914 bits per heavy atom. The van der Waals surface area contributed by atoms with E-state index in [4.69, 9.17) is 23.7 Å². The Morgan fingerprint density at radius 3 is 2.23 bits per heavy atom. The zero-order valence-corrected chi connectivity index (χ0v) is 19.3. The van der Waals surface area contributed by atoms with Crippen molar-refractivity contribution in [1.29, 1.82) is 0 Å². The summed E-state index contributed by atoms with van der Waals surface area (Å²) in [5, 5.41) is 10.3. The van der Waals surface area contributed by atoms with Gasteiger partial charge >= 0.3 is 5.97 Å². The van der Waals surface area contributed by atoms with Gasteiger partial charge in [0, 0.05) is 11.5 Å². The molecular weight excluding hydrogens is 452 g/mol. The molecule has 178 valence electrons. The van der Waals surface area contributed by atoms with Crippen LogP contribution < -0.4 is 23.7 Å². The Balaban J connectivity index is 1.61. The summed E-state index contributed by atoms with van der Waals surface area (Å²) in [6, 6.07) is 13.7. The quantitative estimate of drug-likeness (QED) is 0.328. The molecule has 0 fully saturated rings. The summed E-state index contributed by atoms with van der Waals surface area (Å²) in [6.45, 7) is 0. The molecule has 0 radical (unpaired) electrons. The summed E-state index contributed by atoms with van der Waals surface area (Å²) >= 11 is 0. The fourth-order valence-electron chi connectivity index (χ4n) is 4.36. The number of methoxy groups -OCH3 is 3. The first-order valence-electron chi connectivity index (χ1n) is 10.8. The van der Waals surface area contributed by atoms with E-state index in [9.17, 15) is 14.7 Å². The number of hydrogen-bond donors (Lipinski definition) is 1. The monoisotopic (exact) mass is 474 g/mol. The van der Waals surface area contributed by atoms with Crippen molar-refractivity contribution >= 4 is 17.8 Å². The van der Waals surface area contributed by atoms with E-state index in [0.29, 0.717) is 33.9 Å². The summed E-state index contributed by atoms with van der Waals surface area (Å²) in [7, 11) is 4.44. The average Bonchev–Trinajstić information content (AvgIpc) is 3.19. The van der Waals surface area contributed by atoms with Gasteiger partial charge in [-0.2, -0.15) is 0 Å². The van der Waals surface area contributed by atoms with Crippen LogP contribution in [0.2, 0.25) is 0 Å². The maximum Gasteiger partial charge on any atom is 0.312 e. The largest absolute Gasteiger partial charge is 0.502 e. The lowest BCUT2D eigenvalue weighted by Gasteiger charge is -2.27. The molecule has 2 heterocycles. The number of fused-ring (bicyclic) bond motifs is 3. The number of carbonyl (C=O) groups excluding carboxylic acids is 2. The maximum atomic E-state index is 13.2. The van der Waals surface area contributed by atoms with Crippen molar-refractivity contribution in [2.45, 2.75) is 12.3 Å². The molecule has 8 nitrogen and oxygen atoms in total. The normalized spacial score (nSPS) is 17.3. The van der Waals surface area contributed by atoms with Crippen LogP contribution in [0.25, 0.3) is 6.08 Å². The third-order valence-electron chi connectivity index (χ3n) is 6.10. The molecule has 35 heavy (non-hydrogen) atoms. The zero-order valence-electron chi connectivity index (χ0n) is 19.3. The predicted octanol–water partition coefficient (Wildman–Crippen LogP) is 4.48. The van der Waals surface area contributed by atoms with Crippen molar-refractivity contribution in [1.82, 2.24) is 0 Å². The van der Waals surface area contributed by atoms with E-state index < -0.39 is 11.9 Å². The summed E-state index contributed by atoms with van der Waals surface area (Å²) in [4.78, 5) is 25.6. The molecule has 2 aliphatic rings. The summed E-state index contributed by atoms with van der Waals surface area (Å²) < 4.78 is 27.3. The van der Waals surface area contributed by atoms with Gasteiger partial charge in [0.05, 0.1) is 33.3 Å². The van der Waals surface area contributed by atoms with E-state index in [-0.39, 0.29) is 35.2 Å². The molecule has 8 heteroatoms. The van der Waals surface area contributed by atoms with Crippen molar-refractivity contribution < 1.29 is 38.4 Å². The van der Waals surface area contributed by atoms with Crippen LogP contribution in [0, 0.1) is 0 Å². The van der Waals surface area contributed by atoms with Crippen molar-refractivity contribution in [2.24, 2.45) is 0 Å². The Morgan fingerprint density at radius 2 is 1.60 bits per heavy atom. The molecule has 0 saturated carbocycles. The highest BCUT2D eigenvalue weighted by Crippen LogP contribution is 2.51. The van der Waals surface area contributed by atoms with Crippen LogP contribution in [0.5, 0.6) is 34.5 Å². The SMILES string of the molecule is COc1ccc(/C=C2\Oc3c(ccc4c3[C@H](c3cc(OC)c(O)c(OC)c3)CC(=O)O4)C2=O)cc1. The fourth-order valence-corrected chi connectivity index (χ4v) is 4.36. The molecule has 1 N–H and O–H groups in total. The molecule has 0 aliphatic carbocycles. The highest BCUT2D eigenvalue weighted by Gasteiger charge is 2.39. The first kappa shape index (κ1) is 22.3. The number of phenols is 1. The van der Waals surface area contributed by atoms with E-state index in [0.717, 1.165) is 5.56 Å². The molecule has 3 aromatic carbocycles. The van der Waals surface area contributed by atoms with Crippen molar-refractivity contribution in [3.63, 3.8) is 0 Å². The number of allylic oxidation sites excluding steroid dienone is 1. The number of hydrogen-bond acceptors (Lipinski definition) is 8. The molecule has 2 aliphatic heterocycles. The Kier molecular flexibility index (Phi) is 5.56. The molecule has 0 spiro atoms. The average molecular weight is 474 g/mol. The van der Waals surface area contributed by atoms with Gasteiger partial charge in [0.1, 0.15) is 17.2 Å². The highest BCUT2D eigenvalue weighted by atomic mass is 16.5. The molecular formula is C27H22O8. The van der Waals surface area contributed by atoms with Gasteiger partial charge in [-0.05, 0) is 53.6 Å². The minimum atomic E-state index is -0.516. The van der Waals surface area contributed by atoms with Gasteiger partial charge in [-0.1, -0.05) is 12.1 Å². The number of benzene rings is 3. The van der Waals surface area contributed by atoms with Gasteiger partial charge in [0.2, 0.25) is 11.5 Å². The minimum absolute atomic E-state index is 0.00954. The summed E-state index contributed by atoms with van der Waals surface area (Å²) in [5.41, 5.74) is 2.37. The molecule has 1 atom stereocenters. The topological polar surface area (TPSA) is 101 Å². The van der Waals surface area contributed by atoms with Crippen LogP contribution >= 0.6 is 0 Å². The summed E-state index contributed by atoms with van der Waals surface area (Å²) in [6.07, 6.45) is 1.67. The molecule has 3 aromatic rings. The number of rotatable bonds is 5. The van der Waals surface area contributed by atoms with E-state index in [1.165, 1.54) is 14.2 Å². The Bertz CT molecular complexity index is 1350. The van der Waals surface area contributed by atoms with Crippen molar-refractivity contribution in [3.8, 4) is 34.5 Å². The summed E-state index contributed by atoms with van der Waals surface area (Å²) in [5.74, 6) is 0.563. The lowest BCUT2D eigenvalue weighted by atomic mass is 9.84. The van der Waals surface area contributed by atoms with E-state index in [1.807, 2.05) is 12.1 Å². The molecule has 0 saturated heterocycles. The molecule has 5 rings (SSSR count). The first-order valence-corrected chi connectivity index (χ1v) is 10.8. The fraction of sp³-hybridized carbons (Fsp3) is 0.185. The third-order valence-corrected chi connectivity index (χ3v) is 6.10. The second-order valence-electron chi connectivity index (χ2n) is 8.07. The molecule has 0 bridgehead atoms. The standard InChI is InChI=1S/C27H22O8/c1-31-16-6-4-14(5-7-16)10-22-25(29)17-8-9-19-24(27(17)35-22)18(13-23(28)34-19)15-11-20(32-2)26(30)21(12-15)33-3/h4-12,18,30H,13H2,1-3H3/b22-10-/t18-/m0/s1. The van der Waals surface area contributed by atoms with Gasteiger partial charge < -0.3 is 28.8 Å². The van der Waals surface area contributed by atoms with Gasteiger partial charge in [-0.25, -0.2) is 0 Å². The van der Waals surface area contributed by atoms with Gasteiger partial charge in [0.15, 0.2) is 17.3 Å². The van der Waals surface area contributed by atoms with Crippen molar-refractivity contribution in [2.75, 3.05) is 21.3 Å². The third kappa shape index (κ3) is 3.82. The lowest BCUT2D eigenvalue weighted by molar-refractivity contribution is -0.135. The molecule has 0 amide bonds. The highest BCUT2D eigenvalue weighted by molar-refractivity contribution is 6.15. The van der Waals surface area contributed by atoms with Crippen LogP contribution in [-0.2, 0) is 4.79 Å². The smallest absolute Gasteiger partial charge is 0.312 e. The number of esters is 1. The van der Waals surface area contributed by atoms with Gasteiger partial charge in [-0.15, -0.1) is 0 Å². The number of ketones is 1. The Hall–Kier alpha value is -4.46. The number of ether oxygens (including phenoxy) is 5. The second-order valence-corrected chi connectivity index (χ2v) is 8.07. The number of Topliss-reactive ketones (excluding diaryl/α,β-unsaturated/α-hetero) is 1. The predicted molar refractivity (Wildman–Crippen MR) is 126 cm³/mol. The second kappa shape index (κ2) is 8.72. The number of carbonyl (C=O) groups is 2. The van der Waals surface area contributed by atoms with Crippen molar-refractivity contribution in [3.05, 3.63) is 76.5 Å². The van der Waals surface area contributed by atoms with Gasteiger partial charge in [0.25, 0.3) is 0 Å². The van der Waals surface area contributed by atoms with Crippen LogP contribution in [0.4, 0.5) is 0 Å².